The van der Waals surface area contributed by atoms with Gasteiger partial charge in [0.1, 0.15) is 4.83 Å². The smallest absolute Gasteiger partial charge is 0.262 e. The number of aryl methyl sites for hydroxylation is 1. The highest BCUT2D eigenvalue weighted by molar-refractivity contribution is 7.18. The fourth-order valence-corrected chi connectivity index (χ4v) is 5.54. The van der Waals surface area contributed by atoms with E-state index in [1.165, 1.54) is 10.4 Å². The first kappa shape index (κ1) is 20.2. The van der Waals surface area contributed by atoms with Gasteiger partial charge in [-0.25, -0.2) is 4.98 Å². The zero-order valence-corrected chi connectivity index (χ0v) is 18.6. The summed E-state index contributed by atoms with van der Waals surface area (Å²) in [6.07, 6.45) is 4.53. The van der Waals surface area contributed by atoms with Crippen LogP contribution in [0.1, 0.15) is 36.4 Å². The molecule has 0 radical (unpaired) electrons. The van der Waals surface area contributed by atoms with Crippen molar-refractivity contribution in [3.05, 3.63) is 69.2 Å². The second kappa shape index (κ2) is 8.40. The summed E-state index contributed by atoms with van der Waals surface area (Å²) in [5.74, 6) is 1.20. The normalized spacial score (nSPS) is 16.2. The number of benzene rings is 1. The third-order valence-corrected chi connectivity index (χ3v) is 6.95. The quantitative estimate of drug-likeness (QED) is 0.486. The molecule has 160 valence electrons. The van der Waals surface area contributed by atoms with Crippen LogP contribution in [-0.2, 0) is 25.9 Å². The molecule has 0 amide bonds. The van der Waals surface area contributed by atoms with E-state index in [0.29, 0.717) is 25.0 Å². The Bertz CT molecular complexity index is 1260. The molecule has 0 fully saturated rings. The van der Waals surface area contributed by atoms with E-state index in [-0.39, 0.29) is 5.56 Å². The molecule has 0 bridgehead atoms. The first-order chi connectivity index (χ1) is 15.1. The zero-order valence-electron chi connectivity index (χ0n) is 17.8. The fourth-order valence-electron chi connectivity index (χ4n) is 4.28. The number of hydrogen-bond donors (Lipinski definition) is 1. The zero-order chi connectivity index (χ0) is 21.4. The molecule has 0 aliphatic heterocycles. The van der Waals surface area contributed by atoms with E-state index in [0.717, 1.165) is 46.5 Å². The number of nitrogens with zero attached hydrogens (tertiary/aromatic N) is 3. The van der Waals surface area contributed by atoms with Gasteiger partial charge in [0.2, 0.25) is 0 Å². The average molecular weight is 435 g/mol. The summed E-state index contributed by atoms with van der Waals surface area (Å²) >= 11 is 1.67. The molecular formula is C24H26N4O2S. The van der Waals surface area contributed by atoms with Gasteiger partial charge in [0.15, 0.2) is 5.76 Å². The molecule has 4 aromatic rings. The molecular weight excluding hydrogens is 408 g/mol. The van der Waals surface area contributed by atoms with Crippen molar-refractivity contribution in [1.82, 2.24) is 20.0 Å². The Kier molecular flexibility index (Phi) is 5.46. The summed E-state index contributed by atoms with van der Waals surface area (Å²) in [5, 5.41) is 8.67. The maximum absolute atomic E-state index is 13.0. The van der Waals surface area contributed by atoms with Crippen molar-refractivity contribution in [1.29, 1.82) is 0 Å². The lowest BCUT2D eigenvalue weighted by atomic mass is 9.93. The molecule has 1 N–H and O–H groups in total. The van der Waals surface area contributed by atoms with E-state index >= 15 is 0 Å². The van der Waals surface area contributed by atoms with Crippen LogP contribution in [0.15, 0.2) is 52.0 Å². The Balaban J connectivity index is 1.29. The molecule has 0 saturated heterocycles. The molecule has 0 saturated carbocycles. The Labute approximate surface area is 184 Å². The highest BCUT2D eigenvalue weighted by Crippen LogP contribution is 2.33. The maximum atomic E-state index is 13.0. The lowest BCUT2D eigenvalue weighted by Gasteiger charge is -2.23. The van der Waals surface area contributed by atoms with Crippen LogP contribution < -0.4 is 10.9 Å². The van der Waals surface area contributed by atoms with Crippen LogP contribution in [0.2, 0.25) is 0 Å². The largest absolute Gasteiger partial charge is 0.356 e. The summed E-state index contributed by atoms with van der Waals surface area (Å²) in [6, 6.07) is 12.4. The van der Waals surface area contributed by atoms with Crippen molar-refractivity contribution in [2.45, 2.75) is 52.2 Å². The lowest BCUT2D eigenvalue weighted by Crippen LogP contribution is -2.34. The van der Waals surface area contributed by atoms with Crippen LogP contribution in [0.3, 0.4) is 0 Å². The van der Waals surface area contributed by atoms with Gasteiger partial charge >= 0.3 is 0 Å². The predicted octanol–water partition coefficient (Wildman–Crippen LogP) is 4.42. The molecule has 1 atom stereocenters. The number of fused-ring (bicyclic) bond motifs is 3. The number of nitrogens with one attached hydrogen (secondary N) is 1. The van der Waals surface area contributed by atoms with Crippen LogP contribution in [0.25, 0.3) is 21.5 Å². The van der Waals surface area contributed by atoms with E-state index in [1.807, 2.05) is 36.4 Å². The fraction of sp³-hybridized carbons (Fsp3) is 0.375. The number of hydrogen-bond acceptors (Lipinski definition) is 6. The van der Waals surface area contributed by atoms with Gasteiger partial charge in [-0.2, -0.15) is 0 Å². The molecule has 6 nitrogen and oxygen atoms in total. The third kappa shape index (κ3) is 4.07. The Morgan fingerprint density at radius 3 is 2.94 bits per heavy atom. The molecule has 1 unspecified atom stereocenters. The molecule has 3 aromatic heterocycles. The summed E-state index contributed by atoms with van der Waals surface area (Å²) in [4.78, 5) is 19.8. The first-order valence-electron chi connectivity index (χ1n) is 10.8. The minimum absolute atomic E-state index is 0.110. The minimum Gasteiger partial charge on any atom is -0.356 e. The highest BCUT2D eigenvalue weighted by atomic mass is 32.1. The number of aromatic nitrogens is 3. The van der Waals surface area contributed by atoms with Crippen molar-refractivity contribution in [3.63, 3.8) is 0 Å². The molecule has 1 aliphatic carbocycles. The van der Waals surface area contributed by atoms with E-state index in [2.05, 4.69) is 29.3 Å². The van der Waals surface area contributed by atoms with Crippen molar-refractivity contribution < 1.29 is 4.52 Å². The summed E-state index contributed by atoms with van der Waals surface area (Å²) in [6.45, 7) is 5.61. The van der Waals surface area contributed by atoms with Crippen LogP contribution in [0.4, 0.5) is 0 Å². The monoisotopic (exact) mass is 434 g/mol. The topological polar surface area (TPSA) is 73.0 Å². The molecule has 0 spiro atoms. The van der Waals surface area contributed by atoms with Gasteiger partial charge in [0, 0.05) is 35.6 Å². The standard InChI is InChI=1S/C24H26N4O2S/c1-15(2)13-28-14-26-23-22(24(28)29)19-9-8-17(11-21(19)31-23)25-12-18-10-20(30-27-18)16-6-4-3-5-7-16/h3-7,10,14-15,17,25H,8-9,11-13H2,1-2H3. The first-order valence-corrected chi connectivity index (χ1v) is 11.6. The summed E-state index contributed by atoms with van der Waals surface area (Å²) < 4.78 is 7.27. The Morgan fingerprint density at radius 2 is 2.13 bits per heavy atom. The van der Waals surface area contributed by atoms with Gasteiger partial charge in [-0.15, -0.1) is 11.3 Å². The van der Waals surface area contributed by atoms with Crippen molar-refractivity contribution >= 4 is 21.6 Å². The van der Waals surface area contributed by atoms with E-state index in [9.17, 15) is 4.79 Å². The lowest BCUT2D eigenvalue weighted by molar-refractivity contribution is 0.408. The summed E-state index contributed by atoms with van der Waals surface area (Å²) in [5.41, 5.74) is 3.25. The molecule has 1 aliphatic rings. The Morgan fingerprint density at radius 1 is 1.29 bits per heavy atom. The number of rotatable bonds is 6. The van der Waals surface area contributed by atoms with Gasteiger partial charge in [-0.05, 0) is 30.7 Å². The van der Waals surface area contributed by atoms with Crippen LogP contribution >= 0.6 is 11.3 Å². The molecule has 7 heteroatoms. The van der Waals surface area contributed by atoms with E-state index in [4.69, 9.17) is 4.52 Å². The maximum Gasteiger partial charge on any atom is 0.262 e. The molecule has 31 heavy (non-hydrogen) atoms. The van der Waals surface area contributed by atoms with Crippen molar-refractivity contribution in [2.24, 2.45) is 5.92 Å². The van der Waals surface area contributed by atoms with Gasteiger partial charge in [-0.1, -0.05) is 49.3 Å². The SMILES string of the molecule is CC(C)Cn1cnc2sc3c(c2c1=O)CCC(NCc1cc(-c2ccccc2)on1)C3. The van der Waals surface area contributed by atoms with Crippen LogP contribution in [-0.4, -0.2) is 20.7 Å². The second-order valence-corrected chi connectivity index (χ2v) is 9.73. The molecule has 1 aromatic carbocycles. The van der Waals surface area contributed by atoms with Gasteiger partial charge in [0.25, 0.3) is 5.56 Å². The minimum atomic E-state index is 0.110. The second-order valence-electron chi connectivity index (χ2n) is 8.65. The van der Waals surface area contributed by atoms with Crippen LogP contribution in [0.5, 0.6) is 0 Å². The third-order valence-electron chi connectivity index (χ3n) is 5.79. The van der Waals surface area contributed by atoms with Gasteiger partial charge in [-0.3, -0.25) is 9.36 Å². The van der Waals surface area contributed by atoms with E-state index < -0.39 is 0 Å². The Hall–Kier alpha value is -2.77. The van der Waals surface area contributed by atoms with Crippen molar-refractivity contribution in [3.8, 4) is 11.3 Å². The molecule has 3 heterocycles. The van der Waals surface area contributed by atoms with E-state index in [1.54, 1.807) is 22.2 Å². The average Bonchev–Trinajstić information content (AvgIpc) is 3.39. The molecule has 5 rings (SSSR count). The van der Waals surface area contributed by atoms with Gasteiger partial charge < -0.3 is 9.84 Å². The van der Waals surface area contributed by atoms with Crippen LogP contribution in [0, 0.1) is 5.92 Å². The number of thiophene rings is 1. The summed E-state index contributed by atoms with van der Waals surface area (Å²) in [7, 11) is 0. The predicted molar refractivity (Wildman–Crippen MR) is 123 cm³/mol. The van der Waals surface area contributed by atoms with Crippen molar-refractivity contribution in [2.75, 3.05) is 0 Å². The highest BCUT2D eigenvalue weighted by Gasteiger charge is 2.25. The van der Waals surface area contributed by atoms with Gasteiger partial charge in [0.05, 0.1) is 17.4 Å².